The second kappa shape index (κ2) is 8.44. The molecule has 1 aromatic heterocycles. The van der Waals surface area contributed by atoms with Crippen molar-refractivity contribution in [3.63, 3.8) is 0 Å². The van der Waals surface area contributed by atoms with Crippen LogP contribution in [-0.2, 0) is 10.2 Å². The highest BCUT2D eigenvalue weighted by Crippen LogP contribution is 2.38. The molecule has 1 atom stereocenters. The molecule has 1 fully saturated rings. The molecule has 3 nitrogen and oxygen atoms in total. The summed E-state index contributed by atoms with van der Waals surface area (Å²) in [6, 6.07) is 15.6. The van der Waals surface area contributed by atoms with Crippen molar-refractivity contribution in [2.24, 2.45) is 0 Å². The number of piperidine rings is 1. The number of hydrogen-bond donors (Lipinski definition) is 0. The minimum absolute atomic E-state index is 0.0707. The molecule has 0 N–H and O–H groups in total. The van der Waals surface area contributed by atoms with Crippen molar-refractivity contribution in [2.75, 3.05) is 26.7 Å². The summed E-state index contributed by atoms with van der Waals surface area (Å²) >= 11 is 0. The van der Waals surface area contributed by atoms with E-state index in [9.17, 15) is 4.39 Å². The van der Waals surface area contributed by atoms with Gasteiger partial charge >= 0.3 is 0 Å². The van der Waals surface area contributed by atoms with Crippen LogP contribution in [0.1, 0.15) is 48.3 Å². The van der Waals surface area contributed by atoms with Crippen LogP contribution in [0.3, 0.4) is 0 Å². The Balaban J connectivity index is 1.62. The molecule has 1 unspecified atom stereocenters. The highest BCUT2D eigenvalue weighted by Gasteiger charge is 2.36. The number of aromatic nitrogens is 1. The van der Waals surface area contributed by atoms with Gasteiger partial charge in [0.25, 0.3) is 0 Å². The third-order valence-corrected chi connectivity index (χ3v) is 6.55. The van der Waals surface area contributed by atoms with E-state index in [1.807, 2.05) is 19.1 Å². The molecular formula is C26H31FN2O. The van der Waals surface area contributed by atoms with Crippen LogP contribution < -0.4 is 0 Å². The maximum Gasteiger partial charge on any atom is 0.123 e. The Hall–Kier alpha value is -2.30. The second-order valence-corrected chi connectivity index (χ2v) is 8.92. The first-order valence-electron chi connectivity index (χ1n) is 10.8. The molecule has 2 aromatic carbocycles. The number of likely N-dealkylation sites (tertiary alicyclic amines) is 1. The van der Waals surface area contributed by atoms with Gasteiger partial charge in [0.2, 0.25) is 0 Å². The van der Waals surface area contributed by atoms with Crippen molar-refractivity contribution in [3.05, 3.63) is 76.7 Å². The molecule has 4 rings (SSSR count). The van der Waals surface area contributed by atoms with E-state index < -0.39 is 0 Å². The van der Waals surface area contributed by atoms with Crippen molar-refractivity contribution < 1.29 is 9.13 Å². The van der Waals surface area contributed by atoms with Gasteiger partial charge in [-0.05, 0) is 83.6 Å². The minimum atomic E-state index is -0.191. The third kappa shape index (κ3) is 4.26. The molecule has 0 bridgehead atoms. The molecule has 0 radical (unpaired) electrons. The molecule has 30 heavy (non-hydrogen) atoms. The van der Waals surface area contributed by atoms with Crippen LogP contribution in [0, 0.1) is 19.7 Å². The Labute approximate surface area is 178 Å². The molecule has 0 saturated carbocycles. The number of hydrogen-bond acceptors (Lipinski definition) is 3. The second-order valence-electron chi connectivity index (χ2n) is 8.92. The quantitative estimate of drug-likeness (QED) is 0.541. The van der Waals surface area contributed by atoms with Crippen LogP contribution in [0.4, 0.5) is 4.39 Å². The lowest BCUT2D eigenvalue weighted by Crippen LogP contribution is -2.44. The lowest BCUT2D eigenvalue weighted by Gasteiger charge is -2.41. The van der Waals surface area contributed by atoms with Gasteiger partial charge in [-0.1, -0.05) is 29.8 Å². The van der Waals surface area contributed by atoms with Crippen LogP contribution in [0.2, 0.25) is 0 Å². The first-order valence-corrected chi connectivity index (χ1v) is 10.8. The monoisotopic (exact) mass is 406 g/mol. The Morgan fingerprint density at radius 1 is 1.07 bits per heavy atom. The largest absolute Gasteiger partial charge is 0.373 e. The number of nitrogens with zero attached hydrogens (tertiary/aromatic N) is 2. The topological polar surface area (TPSA) is 25.4 Å². The van der Waals surface area contributed by atoms with Gasteiger partial charge in [-0.2, -0.15) is 0 Å². The van der Waals surface area contributed by atoms with E-state index in [2.05, 4.69) is 50.1 Å². The molecule has 0 aliphatic carbocycles. The molecule has 1 aliphatic heterocycles. The highest BCUT2D eigenvalue weighted by molar-refractivity contribution is 5.83. The van der Waals surface area contributed by atoms with Gasteiger partial charge in [-0.3, -0.25) is 4.98 Å². The van der Waals surface area contributed by atoms with Crippen LogP contribution >= 0.6 is 0 Å². The van der Waals surface area contributed by atoms with Crippen molar-refractivity contribution in [1.82, 2.24) is 9.88 Å². The van der Waals surface area contributed by atoms with Gasteiger partial charge in [-0.25, -0.2) is 4.39 Å². The van der Waals surface area contributed by atoms with Crippen molar-refractivity contribution in [3.8, 4) is 0 Å². The normalized spacial score (nSPS) is 17.9. The van der Waals surface area contributed by atoms with Crippen molar-refractivity contribution >= 4 is 10.9 Å². The van der Waals surface area contributed by atoms with Gasteiger partial charge in [0.1, 0.15) is 5.82 Å². The van der Waals surface area contributed by atoms with E-state index >= 15 is 0 Å². The average molecular weight is 407 g/mol. The summed E-state index contributed by atoms with van der Waals surface area (Å²) in [5.41, 5.74) is 5.47. The van der Waals surface area contributed by atoms with Crippen LogP contribution in [0.15, 0.2) is 48.5 Å². The smallest absolute Gasteiger partial charge is 0.123 e. The maximum absolute atomic E-state index is 13.5. The fraction of sp³-hybridized carbons (Fsp3) is 0.423. The summed E-state index contributed by atoms with van der Waals surface area (Å²) in [4.78, 5) is 7.15. The molecule has 0 amide bonds. The molecule has 4 heteroatoms. The van der Waals surface area contributed by atoms with Crippen molar-refractivity contribution in [2.45, 2.75) is 45.1 Å². The van der Waals surface area contributed by atoms with Gasteiger partial charge in [0.15, 0.2) is 0 Å². The summed E-state index contributed by atoms with van der Waals surface area (Å²) < 4.78 is 20.1. The zero-order valence-electron chi connectivity index (χ0n) is 18.4. The molecule has 0 spiro atoms. The summed E-state index contributed by atoms with van der Waals surface area (Å²) in [5.74, 6) is -0.191. The fourth-order valence-corrected chi connectivity index (χ4v) is 4.57. The van der Waals surface area contributed by atoms with Gasteiger partial charge in [0.05, 0.1) is 18.2 Å². The predicted octanol–water partition coefficient (Wildman–Crippen LogP) is 5.73. The Kier molecular flexibility index (Phi) is 5.90. The Morgan fingerprint density at radius 3 is 2.47 bits per heavy atom. The first-order chi connectivity index (χ1) is 14.4. The summed E-state index contributed by atoms with van der Waals surface area (Å²) in [5, 5.41) is 1.15. The molecule has 1 aliphatic rings. The maximum atomic E-state index is 13.5. The molecule has 3 aromatic rings. The number of benzene rings is 2. The van der Waals surface area contributed by atoms with E-state index in [4.69, 9.17) is 9.72 Å². The summed E-state index contributed by atoms with van der Waals surface area (Å²) in [6.07, 6.45) is 1.94. The van der Waals surface area contributed by atoms with E-state index in [-0.39, 0.29) is 17.3 Å². The van der Waals surface area contributed by atoms with Gasteiger partial charge in [0, 0.05) is 22.1 Å². The number of fused-ring (bicyclic) bond motifs is 1. The van der Waals surface area contributed by atoms with Crippen molar-refractivity contribution in [1.29, 1.82) is 0 Å². The molecule has 1 saturated heterocycles. The lowest BCUT2D eigenvalue weighted by molar-refractivity contribution is 0.00694. The van der Waals surface area contributed by atoms with Gasteiger partial charge in [-0.15, -0.1) is 0 Å². The lowest BCUT2D eigenvalue weighted by atomic mass is 9.73. The van der Waals surface area contributed by atoms with Crippen LogP contribution in [0.5, 0.6) is 0 Å². The summed E-state index contributed by atoms with van der Waals surface area (Å²) in [7, 11) is 2.16. The van der Waals surface area contributed by atoms with Gasteiger partial charge < -0.3 is 9.64 Å². The summed E-state index contributed by atoms with van der Waals surface area (Å²) in [6.45, 7) is 8.91. The van der Waals surface area contributed by atoms with Crippen LogP contribution in [-0.4, -0.2) is 36.6 Å². The number of rotatable bonds is 5. The number of pyridine rings is 1. The zero-order chi connectivity index (χ0) is 21.3. The number of ether oxygens (including phenoxy) is 1. The average Bonchev–Trinajstić information content (AvgIpc) is 2.74. The SMILES string of the molecule is Cc1cc(C(C)OCC2(c3ccc(F)cc3)CCN(C)CC2)c2nc(C)ccc2c1. The number of aryl methyl sites for hydroxylation is 2. The zero-order valence-corrected chi connectivity index (χ0v) is 18.4. The predicted molar refractivity (Wildman–Crippen MR) is 120 cm³/mol. The third-order valence-electron chi connectivity index (χ3n) is 6.55. The van der Waals surface area contributed by atoms with E-state index in [1.165, 1.54) is 11.1 Å². The van der Waals surface area contributed by atoms with E-state index in [0.717, 1.165) is 48.1 Å². The van der Waals surface area contributed by atoms with E-state index in [1.54, 1.807) is 12.1 Å². The fourth-order valence-electron chi connectivity index (χ4n) is 4.57. The Bertz CT molecular complexity index is 1020. The first kappa shape index (κ1) is 21.0. The number of halogens is 1. The standard InChI is InChI=1S/C26H31FN2O/c1-18-15-21-6-5-19(2)28-25(21)24(16-18)20(3)30-17-26(11-13-29(4)14-12-26)22-7-9-23(27)10-8-22/h5-10,15-16,20H,11-14,17H2,1-4H3. The van der Waals surface area contributed by atoms with E-state index in [0.29, 0.717) is 6.61 Å². The minimum Gasteiger partial charge on any atom is -0.373 e. The van der Waals surface area contributed by atoms with Crippen LogP contribution in [0.25, 0.3) is 10.9 Å². The Morgan fingerprint density at radius 2 is 1.77 bits per heavy atom. The highest BCUT2D eigenvalue weighted by atomic mass is 19.1. The molecular weight excluding hydrogens is 375 g/mol. The molecule has 158 valence electrons. The molecule has 2 heterocycles.